The quantitative estimate of drug-likeness (QED) is 0.603. The van der Waals surface area contributed by atoms with Gasteiger partial charge in [-0.2, -0.15) is 5.10 Å². The number of aromatic nitrogens is 3. The molecule has 2 aromatic carbocycles. The van der Waals surface area contributed by atoms with Crippen LogP contribution in [0.25, 0.3) is 27.5 Å². The minimum Gasteiger partial charge on any atom is -0.381 e. The molecular formula is C19H16FN3O. The summed E-state index contributed by atoms with van der Waals surface area (Å²) in [5, 5.41) is 9.36. The molecule has 0 amide bonds. The number of H-pyrrole nitrogens is 1. The van der Waals surface area contributed by atoms with Crippen molar-refractivity contribution in [2.45, 2.75) is 12.3 Å². The number of nitrogens with one attached hydrogen (secondary N) is 1. The molecule has 0 bridgehead atoms. The molecule has 5 rings (SSSR count). The minimum atomic E-state index is -0.224. The number of fused-ring (bicyclic) bond motifs is 2. The summed E-state index contributed by atoms with van der Waals surface area (Å²) in [6, 6.07) is 13.1. The lowest BCUT2D eigenvalue weighted by Gasteiger charge is -2.14. The van der Waals surface area contributed by atoms with E-state index >= 15 is 0 Å². The minimum absolute atomic E-state index is 0.224. The van der Waals surface area contributed by atoms with Gasteiger partial charge in [0.05, 0.1) is 23.8 Å². The van der Waals surface area contributed by atoms with Crippen molar-refractivity contribution in [1.82, 2.24) is 14.8 Å². The zero-order chi connectivity index (χ0) is 16.1. The second-order valence-electron chi connectivity index (χ2n) is 6.31. The molecule has 4 aromatic rings. The molecule has 5 heteroatoms. The van der Waals surface area contributed by atoms with Crippen molar-refractivity contribution in [1.29, 1.82) is 0 Å². The van der Waals surface area contributed by atoms with Crippen LogP contribution in [0.2, 0.25) is 0 Å². The van der Waals surface area contributed by atoms with Gasteiger partial charge in [0, 0.05) is 34.7 Å². The Bertz CT molecular complexity index is 1030. The van der Waals surface area contributed by atoms with Crippen LogP contribution in [-0.4, -0.2) is 28.0 Å². The number of hydrogen-bond donors (Lipinski definition) is 1. The molecule has 1 fully saturated rings. The van der Waals surface area contributed by atoms with E-state index in [4.69, 9.17) is 4.74 Å². The zero-order valence-electron chi connectivity index (χ0n) is 13.0. The van der Waals surface area contributed by atoms with Gasteiger partial charge in [-0.05, 0) is 48.9 Å². The molecule has 1 aliphatic rings. The van der Waals surface area contributed by atoms with Crippen molar-refractivity contribution in [2.75, 3.05) is 13.2 Å². The van der Waals surface area contributed by atoms with Gasteiger partial charge in [0.15, 0.2) is 0 Å². The first-order valence-corrected chi connectivity index (χ1v) is 8.12. The fraction of sp³-hybridized carbons (Fsp3) is 0.211. The maximum atomic E-state index is 13.4. The van der Waals surface area contributed by atoms with Crippen LogP contribution in [0.4, 0.5) is 4.39 Å². The lowest BCUT2D eigenvalue weighted by atomic mass is 10.0. The largest absolute Gasteiger partial charge is 0.381 e. The fourth-order valence-corrected chi connectivity index (χ4v) is 3.61. The predicted octanol–water partition coefficient (Wildman–Crippen LogP) is 4.15. The van der Waals surface area contributed by atoms with Crippen LogP contribution < -0.4 is 0 Å². The van der Waals surface area contributed by atoms with E-state index in [0.717, 1.165) is 47.1 Å². The van der Waals surface area contributed by atoms with Gasteiger partial charge >= 0.3 is 0 Å². The van der Waals surface area contributed by atoms with Gasteiger partial charge in [-0.25, -0.2) is 4.39 Å². The first kappa shape index (κ1) is 13.7. The van der Waals surface area contributed by atoms with Crippen molar-refractivity contribution in [3.63, 3.8) is 0 Å². The van der Waals surface area contributed by atoms with Crippen molar-refractivity contribution in [3.05, 3.63) is 60.2 Å². The Morgan fingerprint density at radius 2 is 2.00 bits per heavy atom. The summed E-state index contributed by atoms with van der Waals surface area (Å²) in [5.41, 5.74) is 4.32. The Morgan fingerprint density at radius 3 is 2.79 bits per heavy atom. The third-order valence-electron chi connectivity index (χ3n) is 4.82. The average molecular weight is 321 g/mol. The molecule has 0 radical (unpaired) electrons. The maximum Gasteiger partial charge on any atom is 0.123 e. The van der Waals surface area contributed by atoms with Crippen molar-refractivity contribution in [3.8, 4) is 5.69 Å². The third kappa shape index (κ3) is 2.05. The van der Waals surface area contributed by atoms with Crippen LogP contribution in [0, 0.1) is 5.82 Å². The molecule has 1 aliphatic heterocycles. The number of halogens is 1. The summed E-state index contributed by atoms with van der Waals surface area (Å²) in [4.78, 5) is 0. The van der Waals surface area contributed by atoms with Gasteiger partial charge in [-0.3, -0.25) is 5.10 Å². The molecule has 1 N–H and O–H groups in total. The molecule has 4 nitrogen and oxygen atoms in total. The molecule has 120 valence electrons. The molecule has 24 heavy (non-hydrogen) atoms. The second kappa shape index (κ2) is 5.18. The normalized spacial score (nSPS) is 18.0. The van der Waals surface area contributed by atoms with E-state index in [1.807, 2.05) is 18.3 Å². The molecular weight excluding hydrogens is 305 g/mol. The second-order valence-corrected chi connectivity index (χ2v) is 6.31. The molecule has 1 unspecified atom stereocenters. The van der Waals surface area contributed by atoms with E-state index in [-0.39, 0.29) is 5.82 Å². The highest BCUT2D eigenvalue weighted by atomic mass is 19.1. The van der Waals surface area contributed by atoms with Crippen LogP contribution >= 0.6 is 0 Å². The Labute approximate surface area is 137 Å². The lowest BCUT2D eigenvalue weighted by Crippen LogP contribution is -2.06. The van der Waals surface area contributed by atoms with Gasteiger partial charge < -0.3 is 9.30 Å². The van der Waals surface area contributed by atoms with E-state index in [0.29, 0.717) is 5.92 Å². The SMILES string of the molecule is Fc1ccc(-n2c(C3CCOC3)cc3cc4[nH]ncc4cc32)cc1. The number of benzene rings is 2. The Hall–Kier alpha value is -2.66. The molecule has 1 atom stereocenters. The number of hydrogen-bond acceptors (Lipinski definition) is 2. The predicted molar refractivity (Wildman–Crippen MR) is 91.1 cm³/mol. The highest BCUT2D eigenvalue weighted by molar-refractivity contribution is 5.96. The molecule has 0 saturated carbocycles. The summed E-state index contributed by atoms with van der Waals surface area (Å²) in [6.45, 7) is 1.53. The maximum absolute atomic E-state index is 13.4. The van der Waals surface area contributed by atoms with Crippen molar-refractivity contribution < 1.29 is 9.13 Å². The van der Waals surface area contributed by atoms with E-state index in [2.05, 4.69) is 33.0 Å². The fourth-order valence-electron chi connectivity index (χ4n) is 3.61. The summed E-state index contributed by atoms with van der Waals surface area (Å²) < 4.78 is 21.2. The third-order valence-corrected chi connectivity index (χ3v) is 4.82. The van der Waals surface area contributed by atoms with Gasteiger partial charge in [-0.1, -0.05) is 0 Å². The summed E-state index contributed by atoms with van der Waals surface area (Å²) in [7, 11) is 0. The average Bonchev–Trinajstić information content (AvgIpc) is 3.32. The van der Waals surface area contributed by atoms with Gasteiger partial charge in [0.2, 0.25) is 0 Å². The van der Waals surface area contributed by atoms with E-state index in [9.17, 15) is 4.39 Å². The number of ether oxygens (including phenoxy) is 1. The number of nitrogens with zero attached hydrogens (tertiary/aromatic N) is 2. The Morgan fingerprint density at radius 1 is 1.12 bits per heavy atom. The van der Waals surface area contributed by atoms with Gasteiger partial charge in [0.25, 0.3) is 0 Å². The van der Waals surface area contributed by atoms with Crippen molar-refractivity contribution >= 4 is 21.8 Å². The van der Waals surface area contributed by atoms with Gasteiger partial charge in [-0.15, -0.1) is 0 Å². The Balaban J connectivity index is 1.81. The monoisotopic (exact) mass is 321 g/mol. The van der Waals surface area contributed by atoms with Crippen LogP contribution in [0.3, 0.4) is 0 Å². The highest BCUT2D eigenvalue weighted by Gasteiger charge is 2.23. The lowest BCUT2D eigenvalue weighted by molar-refractivity contribution is 0.193. The molecule has 3 heterocycles. The number of rotatable bonds is 2. The highest BCUT2D eigenvalue weighted by Crippen LogP contribution is 2.34. The topological polar surface area (TPSA) is 42.8 Å². The smallest absolute Gasteiger partial charge is 0.123 e. The van der Waals surface area contributed by atoms with Gasteiger partial charge in [0.1, 0.15) is 5.82 Å². The molecule has 0 spiro atoms. The Kier molecular flexibility index (Phi) is 2.97. The molecule has 1 saturated heterocycles. The summed E-state index contributed by atoms with van der Waals surface area (Å²) in [6.07, 6.45) is 2.84. The first-order chi connectivity index (χ1) is 11.8. The van der Waals surface area contributed by atoms with E-state index in [1.165, 1.54) is 17.8 Å². The molecule has 0 aliphatic carbocycles. The van der Waals surface area contributed by atoms with E-state index in [1.54, 1.807) is 0 Å². The van der Waals surface area contributed by atoms with Crippen LogP contribution in [0.15, 0.2) is 48.7 Å². The summed E-state index contributed by atoms with van der Waals surface area (Å²) in [5.74, 6) is 0.136. The standard InChI is InChI=1S/C19H16FN3O/c20-15-1-3-16(4-2-15)23-18(12-5-6-24-11-12)8-13-7-17-14(9-19(13)23)10-21-22-17/h1-4,7-10,12H,5-6,11H2,(H,21,22). The molecule has 2 aromatic heterocycles. The first-order valence-electron chi connectivity index (χ1n) is 8.12. The summed E-state index contributed by atoms with van der Waals surface area (Å²) >= 11 is 0. The van der Waals surface area contributed by atoms with E-state index < -0.39 is 0 Å². The number of aromatic amines is 1. The van der Waals surface area contributed by atoms with Crippen LogP contribution in [0.1, 0.15) is 18.0 Å². The van der Waals surface area contributed by atoms with Crippen LogP contribution in [0.5, 0.6) is 0 Å². The zero-order valence-corrected chi connectivity index (χ0v) is 13.0. The van der Waals surface area contributed by atoms with Crippen molar-refractivity contribution in [2.24, 2.45) is 0 Å². The van der Waals surface area contributed by atoms with Crippen LogP contribution in [-0.2, 0) is 4.74 Å².